The second-order valence-electron chi connectivity index (χ2n) is 3.74. The topological polar surface area (TPSA) is 26.3 Å². The maximum Gasteiger partial charge on any atom is 0.158 e. The van der Waals surface area contributed by atoms with Crippen molar-refractivity contribution in [1.29, 1.82) is 0 Å². The molecule has 0 aromatic rings. The van der Waals surface area contributed by atoms with Crippen LogP contribution in [0.25, 0.3) is 0 Å². The maximum atomic E-state index is 11.2. The van der Waals surface area contributed by atoms with Crippen LogP contribution in [-0.4, -0.2) is 17.3 Å². The largest absolute Gasteiger partial charge is 0.356 e. The second-order valence-corrected chi connectivity index (χ2v) is 5.22. The molecule has 0 N–H and O–H groups in total. The summed E-state index contributed by atoms with van der Waals surface area (Å²) in [5.74, 6) is 0.178. The molecule has 0 heterocycles. The molecule has 0 radical (unpaired) electrons. The summed E-state index contributed by atoms with van der Waals surface area (Å²) in [6.07, 6.45) is 6.27. The van der Waals surface area contributed by atoms with Gasteiger partial charge in [-0.3, -0.25) is 4.79 Å². The van der Waals surface area contributed by atoms with Crippen molar-refractivity contribution in [3.63, 3.8) is 0 Å². The van der Waals surface area contributed by atoms with Gasteiger partial charge in [0.05, 0.1) is 0 Å². The van der Waals surface area contributed by atoms with Crippen LogP contribution in [0, 0.1) is 0 Å². The van der Waals surface area contributed by atoms with Crippen LogP contribution in [0.5, 0.6) is 0 Å². The number of ketones is 1. The van der Waals surface area contributed by atoms with Crippen molar-refractivity contribution in [2.45, 2.75) is 50.4 Å². The molecular formula is C10H18O2S2. The van der Waals surface area contributed by atoms with Crippen molar-refractivity contribution in [2.75, 3.05) is 6.61 Å². The highest BCUT2D eigenvalue weighted by Gasteiger charge is 2.33. The lowest BCUT2D eigenvalue weighted by Gasteiger charge is -2.34. The molecule has 0 atom stereocenters. The molecule has 4 heteroatoms. The standard InChI is InChI=1S/C10H18O2S2/c1-2-9(11)8-12-10(14-13)6-4-3-5-7-10/h13H,2-8H2,1H3. The first-order valence-electron chi connectivity index (χ1n) is 5.20. The Balaban J connectivity index is 2.39. The SMILES string of the molecule is CCC(=O)COC1(SS)CCCCC1. The summed E-state index contributed by atoms with van der Waals surface area (Å²) in [7, 11) is 1.47. The maximum absolute atomic E-state index is 11.2. The first-order valence-corrected chi connectivity index (χ1v) is 7.07. The van der Waals surface area contributed by atoms with E-state index in [9.17, 15) is 4.79 Å². The Morgan fingerprint density at radius 3 is 2.57 bits per heavy atom. The van der Waals surface area contributed by atoms with Crippen molar-refractivity contribution < 1.29 is 9.53 Å². The number of Topliss-reactive ketones (excluding diaryl/α,β-unsaturated/α-hetero) is 1. The Morgan fingerprint density at radius 2 is 2.07 bits per heavy atom. The molecule has 0 spiro atoms. The molecule has 0 bridgehead atoms. The van der Waals surface area contributed by atoms with Crippen LogP contribution >= 0.6 is 22.5 Å². The predicted molar refractivity (Wildman–Crippen MR) is 63.6 cm³/mol. The molecule has 1 aliphatic rings. The normalized spacial score (nSPS) is 20.7. The van der Waals surface area contributed by atoms with Crippen LogP contribution in [0.1, 0.15) is 45.4 Å². The first-order chi connectivity index (χ1) is 6.72. The Bertz CT molecular complexity index is 189. The van der Waals surface area contributed by atoms with Gasteiger partial charge in [0, 0.05) is 6.42 Å². The summed E-state index contributed by atoms with van der Waals surface area (Å²) >= 11 is 4.26. The number of hydrogen-bond acceptors (Lipinski definition) is 4. The van der Waals surface area contributed by atoms with E-state index in [2.05, 4.69) is 11.7 Å². The molecule has 0 saturated heterocycles. The van der Waals surface area contributed by atoms with Gasteiger partial charge in [0.25, 0.3) is 0 Å². The predicted octanol–water partition coefficient (Wildman–Crippen LogP) is 3.22. The zero-order chi connectivity index (χ0) is 10.4. The molecule has 14 heavy (non-hydrogen) atoms. The Morgan fingerprint density at radius 1 is 1.43 bits per heavy atom. The van der Waals surface area contributed by atoms with Crippen LogP contribution in [0.2, 0.25) is 0 Å². The quantitative estimate of drug-likeness (QED) is 0.449. The van der Waals surface area contributed by atoms with E-state index in [4.69, 9.17) is 4.74 Å². The molecule has 0 aliphatic heterocycles. The monoisotopic (exact) mass is 234 g/mol. The van der Waals surface area contributed by atoms with E-state index in [1.807, 2.05) is 6.92 Å². The third-order valence-electron chi connectivity index (χ3n) is 2.67. The average Bonchev–Trinajstić information content (AvgIpc) is 2.27. The van der Waals surface area contributed by atoms with Gasteiger partial charge >= 0.3 is 0 Å². The van der Waals surface area contributed by atoms with Crippen LogP contribution < -0.4 is 0 Å². The highest BCUT2D eigenvalue weighted by Crippen LogP contribution is 2.42. The molecule has 0 unspecified atom stereocenters. The van der Waals surface area contributed by atoms with Crippen molar-refractivity contribution in [2.24, 2.45) is 0 Å². The van der Waals surface area contributed by atoms with E-state index in [1.165, 1.54) is 30.1 Å². The summed E-state index contributed by atoms with van der Waals surface area (Å²) in [6.45, 7) is 2.12. The third-order valence-corrected chi connectivity index (χ3v) is 4.53. The van der Waals surface area contributed by atoms with Crippen molar-refractivity contribution in [3.05, 3.63) is 0 Å². The van der Waals surface area contributed by atoms with E-state index < -0.39 is 0 Å². The lowest BCUT2D eigenvalue weighted by Crippen LogP contribution is -2.32. The van der Waals surface area contributed by atoms with Gasteiger partial charge in [-0.15, -0.1) is 11.7 Å². The van der Waals surface area contributed by atoms with Gasteiger partial charge in [0.1, 0.15) is 11.5 Å². The van der Waals surface area contributed by atoms with Crippen molar-refractivity contribution in [1.82, 2.24) is 0 Å². The Kier molecular flexibility index (Phi) is 5.34. The fourth-order valence-electron chi connectivity index (χ4n) is 1.67. The van der Waals surface area contributed by atoms with Gasteiger partial charge in [-0.2, -0.15) is 0 Å². The minimum Gasteiger partial charge on any atom is -0.356 e. The zero-order valence-corrected chi connectivity index (χ0v) is 10.3. The fraction of sp³-hybridized carbons (Fsp3) is 0.900. The molecule has 1 fully saturated rings. The number of thiol groups is 1. The molecule has 1 aliphatic carbocycles. The smallest absolute Gasteiger partial charge is 0.158 e. The zero-order valence-electron chi connectivity index (χ0n) is 8.62. The number of ether oxygens (including phenoxy) is 1. The highest BCUT2D eigenvalue weighted by molar-refractivity contribution is 8.69. The summed E-state index contributed by atoms with van der Waals surface area (Å²) in [5.41, 5.74) is 0. The van der Waals surface area contributed by atoms with E-state index in [0.29, 0.717) is 6.42 Å². The molecule has 0 aromatic carbocycles. The molecule has 1 saturated carbocycles. The van der Waals surface area contributed by atoms with Gasteiger partial charge in [0.2, 0.25) is 0 Å². The average molecular weight is 234 g/mol. The third kappa shape index (κ3) is 3.48. The molecule has 2 nitrogen and oxygen atoms in total. The van der Waals surface area contributed by atoms with E-state index in [-0.39, 0.29) is 17.3 Å². The minimum absolute atomic E-state index is 0.178. The van der Waals surface area contributed by atoms with E-state index in [0.717, 1.165) is 12.8 Å². The van der Waals surface area contributed by atoms with Crippen LogP contribution in [0.15, 0.2) is 0 Å². The minimum atomic E-state index is -0.188. The summed E-state index contributed by atoms with van der Waals surface area (Å²) in [5, 5.41) is 0. The number of carbonyl (C=O) groups is 1. The number of carbonyl (C=O) groups excluding carboxylic acids is 1. The summed E-state index contributed by atoms with van der Waals surface area (Å²) in [6, 6.07) is 0. The molecular weight excluding hydrogens is 216 g/mol. The molecule has 1 rings (SSSR count). The number of rotatable bonds is 5. The highest BCUT2D eigenvalue weighted by atomic mass is 33.1. The Hall–Kier alpha value is 0.330. The summed E-state index contributed by atoms with van der Waals surface area (Å²) in [4.78, 5) is 11.0. The lowest BCUT2D eigenvalue weighted by molar-refractivity contribution is -0.127. The van der Waals surface area contributed by atoms with Crippen molar-refractivity contribution in [3.8, 4) is 0 Å². The lowest BCUT2D eigenvalue weighted by atomic mass is 9.97. The van der Waals surface area contributed by atoms with Gasteiger partial charge in [0.15, 0.2) is 5.78 Å². The molecule has 82 valence electrons. The number of hydrogen-bond donors (Lipinski definition) is 1. The van der Waals surface area contributed by atoms with Crippen molar-refractivity contribution >= 4 is 28.2 Å². The second kappa shape index (κ2) is 6.03. The van der Waals surface area contributed by atoms with E-state index >= 15 is 0 Å². The van der Waals surface area contributed by atoms with Gasteiger partial charge in [-0.1, -0.05) is 24.1 Å². The van der Waals surface area contributed by atoms with Crippen LogP contribution in [0.4, 0.5) is 0 Å². The van der Waals surface area contributed by atoms with Crippen LogP contribution in [0.3, 0.4) is 0 Å². The van der Waals surface area contributed by atoms with Crippen LogP contribution in [-0.2, 0) is 9.53 Å². The molecule has 0 aromatic heterocycles. The van der Waals surface area contributed by atoms with Gasteiger partial charge in [-0.25, -0.2) is 0 Å². The Labute approximate surface area is 95.0 Å². The first kappa shape index (κ1) is 12.4. The summed E-state index contributed by atoms with van der Waals surface area (Å²) < 4.78 is 5.71. The molecule has 0 amide bonds. The van der Waals surface area contributed by atoms with E-state index in [1.54, 1.807) is 0 Å². The fourth-order valence-corrected chi connectivity index (χ4v) is 2.96. The van der Waals surface area contributed by atoms with Gasteiger partial charge < -0.3 is 4.74 Å². The van der Waals surface area contributed by atoms with Gasteiger partial charge in [-0.05, 0) is 25.7 Å².